The van der Waals surface area contributed by atoms with Gasteiger partial charge in [0.15, 0.2) is 0 Å². The molecule has 0 radical (unpaired) electrons. The molecule has 0 atom stereocenters. The molecule has 0 aliphatic carbocycles. The Bertz CT molecular complexity index is 600. The van der Waals surface area contributed by atoms with Gasteiger partial charge in [0.1, 0.15) is 5.82 Å². The Labute approximate surface area is 126 Å². The van der Waals surface area contributed by atoms with Gasteiger partial charge in [-0.15, -0.1) is 0 Å². The highest BCUT2D eigenvalue weighted by molar-refractivity contribution is 7.88. The second kappa shape index (κ2) is 5.84. The molecule has 7 nitrogen and oxygen atoms in total. The van der Waals surface area contributed by atoms with Crippen LogP contribution in [-0.4, -0.2) is 47.9 Å². The van der Waals surface area contributed by atoms with E-state index in [4.69, 9.17) is 5.73 Å². The van der Waals surface area contributed by atoms with Crippen LogP contribution in [0.5, 0.6) is 0 Å². The molecule has 120 valence electrons. The molecule has 1 aromatic rings. The van der Waals surface area contributed by atoms with Gasteiger partial charge in [-0.1, -0.05) is 0 Å². The fraction of sp³-hybridized carbons (Fsp3) is 0.769. The van der Waals surface area contributed by atoms with Gasteiger partial charge >= 0.3 is 0 Å². The summed E-state index contributed by atoms with van der Waals surface area (Å²) in [6, 6.07) is 0.443. The Hall–Kier alpha value is -1.28. The van der Waals surface area contributed by atoms with Crippen LogP contribution < -0.4 is 11.1 Å². The predicted molar refractivity (Wildman–Crippen MR) is 84.8 cm³/mol. The second-order valence-electron chi connectivity index (χ2n) is 5.97. The number of hydrogen-bond acceptors (Lipinski definition) is 5. The van der Waals surface area contributed by atoms with E-state index < -0.39 is 10.0 Å². The molecule has 1 aliphatic heterocycles. The summed E-state index contributed by atoms with van der Waals surface area (Å²) >= 11 is 0. The van der Waals surface area contributed by atoms with Gasteiger partial charge in [0.2, 0.25) is 10.0 Å². The summed E-state index contributed by atoms with van der Waals surface area (Å²) in [5.41, 5.74) is 7.60. The maximum Gasteiger partial charge on any atom is 0.211 e. The van der Waals surface area contributed by atoms with Crippen LogP contribution in [0, 0.1) is 6.92 Å². The smallest absolute Gasteiger partial charge is 0.211 e. The Morgan fingerprint density at radius 1 is 1.33 bits per heavy atom. The summed E-state index contributed by atoms with van der Waals surface area (Å²) < 4.78 is 26.5. The highest BCUT2D eigenvalue weighted by Crippen LogP contribution is 2.28. The number of nitrogens with one attached hydrogen (secondary N) is 1. The van der Waals surface area contributed by atoms with E-state index in [-0.39, 0.29) is 12.1 Å². The quantitative estimate of drug-likeness (QED) is 0.870. The van der Waals surface area contributed by atoms with Crippen LogP contribution in [0.3, 0.4) is 0 Å². The molecule has 0 unspecified atom stereocenters. The molecule has 1 aromatic heterocycles. The number of anilines is 2. The van der Waals surface area contributed by atoms with Crippen molar-refractivity contribution in [3.05, 3.63) is 5.69 Å². The highest BCUT2D eigenvalue weighted by atomic mass is 32.2. The minimum Gasteiger partial charge on any atom is -0.394 e. The lowest BCUT2D eigenvalue weighted by atomic mass is 10.1. The molecule has 0 bridgehead atoms. The van der Waals surface area contributed by atoms with E-state index in [9.17, 15) is 8.42 Å². The maximum atomic E-state index is 11.5. The zero-order valence-electron chi connectivity index (χ0n) is 13.1. The first-order valence-electron chi connectivity index (χ1n) is 7.26. The van der Waals surface area contributed by atoms with Crippen molar-refractivity contribution in [2.45, 2.75) is 45.7 Å². The third-order valence-corrected chi connectivity index (χ3v) is 5.19. The van der Waals surface area contributed by atoms with Crippen molar-refractivity contribution in [1.29, 1.82) is 0 Å². The average Bonchev–Trinajstić information content (AvgIpc) is 2.67. The SMILES string of the molecule is Cc1nn(C(C)C)c(NC2CCN(S(C)(=O)=O)CC2)c1N. The summed E-state index contributed by atoms with van der Waals surface area (Å²) in [7, 11) is -3.08. The summed E-state index contributed by atoms with van der Waals surface area (Å²) in [6.07, 6.45) is 2.81. The summed E-state index contributed by atoms with van der Waals surface area (Å²) in [5, 5.41) is 7.90. The largest absolute Gasteiger partial charge is 0.394 e. The number of aromatic nitrogens is 2. The first-order valence-corrected chi connectivity index (χ1v) is 9.11. The van der Waals surface area contributed by atoms with Crippen LogP contribution >= 0.6 is 0 Å². The molecule has 0 spiro atoms. The number of nitrogens with two attached hydrogens (primary N) is 1. The Kier molecular flexibility index (Phi) is 4.48. The molecule has 1 aliphatic rings. The third-order valence-electron chi connectivity index (χ3n) is 3.88. The molecule has 2 heterocycles. The van der Waals surface area contributed by atoms with Gasteiger partial charge in [-0.05, 0) is 33.6 Å². The Morgan fingerprint density at radius 3 is 2.38 bits per heavy atom. The molecule has 21 heavy (non-hydrogen) atoms. The molecule has 0 aromatic carbocycles. The van der Waals surface area contributed by atoms with Crippen molar-refractivity contribution >= 4 is 21.5 Å². The van der Waals surface area contributed by atoms with Crippen LogP contribution in [0.1, 0.15) is 38.4 Å². The van der Waals surface area contributed by atoms with Gasteiger partial charge in [0, 0.05) is 25.2 Å². The third kappa shape index (κ3) is 3.49. The number of nitrogen functional groups attached to an aromatic ring is 1. The van der Waals surface area contributed by atoms with Crippen molar-refractivity contribution in [1.82, 2.24) is 14.1 Å². The van der Waals surface area contributed by atoms with Gasteiger partial charge in [-0.25, -0.2) is 17.4 Å². The summed E-state index contributed by atoms with van der Waals surface area (Å²) in [4.78, 5) is 0. The number of piperidine rings is 1. The lowest BCUT2D eigenvalue weighted by molar-refractivity contribution is 0.330. The molecule has 0 saturated carbocycles. The van der Waals surface area contributed by atoms with E-state index >= 15 is 0 Å². The van der Waals surface area contributed by atoms with E-state index in [1.165, 1.54) is 10.6 Å². The number of aryl methyl sites for hydroxylation is 1. The normalized spacial score (nSPS) is 18.3. The number of hydrogen-bond donors (Lipinski definition) is 2. The van der Waals surface area contributed by atoms with Crippen LogP contribution in [0.4, 0.5) is 11.5 Å². The van der Waals surface area contributed by atoms with E-state index in [0.29, 0.717) is 18.8 Å². The molecule has 1 saturated heterocycles. The Balaban J connectivity index is 2.08. The van der Waals surface area contributed by atoms with Gasteiger partial charge in [-0.3, -0.25) is 0 Å². The zero-order valence-corrected chi connectivity index (χ0v) is 13.9. The monoisotopic (exact) mass is 315 g/mol. The zero-order chi connectivity index (χ0) is 15.8. The first kappa shape index (κ1) is 16.1. The molecule has 1 fully saturated rings. The minimum absolute atomic E-state index is 0.221. The molecule has 2 rings (SSSR count). The number of rotatable bonds is 4. The summed E-state index contributed by atoms with van der Waals surface area (Å²) in [5.74, 6) is 0.848. The van der Waals surface area contributed by atoms with Crippen molar-refractivity contribution in [3.63, 3.8) is 0 Å². The predicted octanol–water partition coefficient (Wildman–Crippen LogP) is 1.19. The molecular weight excluding hydrogens is 290 g/mol. The van der Waals surface area contributed by atoms with Crippen molar-refractivity contribution < 1.29 is 8.42 Å². The fourth-order valence-electron chi connectivity index (χ4n) is 2.60. The van der Waals surface area contributed by atoms with E-state index in [1.54, 1.807) is 0 Å². The van der Waals surface area contributed by atoms with Crippen molar-refractivity contribution in [2.75, 3.05) is 30.4 Å². The van der Waals surface area contributed by atoms with E-state index in [2.05, 4.69) is 24.3 Å². The molecule has 3 N–H and O–H groups in total. The van der Waals surface area contributed by atoms with Crippen LogP contribution in [0.2, 0.25) is 0 Å². The van der Waals surface area contributed by atoms with Gasteiger partial charge < -0.3 is 11.1 Å². The fourth-order valence-corrected chi connectivity index (χ4v) is 3.48. The lowest BCUT2D eigenvalue weighted by Crippen LogP contribution is -2.42. The molecular formula is C13H25N5O2S. The van der Waals surface area contributed by atoms with Crippen molar-refractivity contribution in [2.24, 2.45) is 0 Å². The lowest BCUT2D eigenvalue weighted by Gasteiger charge is -2.31. The minimum atomic E-state index is -3.08. The summed E-state index contributed by atoms with van der Waals surface area (Å²) in [6.45, 7) is 7.11. The van der Waals surface area contributed by atoms with Gasteiger partial charge in [-0.2, -0.15) is 5.10 Å². The van der Waals surface area contributed by atoms with Crippen LogP contribution in [0.25, 0.3) is 0 Å². The van der Waals surface area contributed by atoms with Crippen molar-refractivity contribution in [3.8, 4) is 0 Å². The van der Waals surface area contributed by atoms with Crippen LogP contribution in [-0.2, 0) is 10.0 Å². The second-order valence-corrected chi connectivity index (χ2v) is 7.95. The van der Waals surface area contributed by atoms with E-state index in [0.717, 1.165) is 24.4 Å². The number of nitrogens with zero attached hydrogens (tertiary/aromatic N) is 3. The number of sulfonamides is 1. The van der Waals surface area contributed by atoms with Crippen LogP contribution in [0.15, 0.2) is 0 Å². The van der Waals surface area contributed by atoms with E-state index in [1.807, 2.05) is 11.6 Å². The average molecular weight is 315 g/mol. The first-order chi connectivity index (χ1) is 9.70. The standard InChI is InChI=1S/C13H25N5O2S/c1-9(2)18-13(12(14)10(3)16-18)15-11-5-7-17(8-6-11)21(4,19)20/h9,11,15H,5-8,14H2,1-4H3. The van der Waals surface area contributed by atoms with Gasteiger partial charge in [0.25, 0.3) is 0 Å². The molecule has 0 amide bonds. The topological polar surface area (TPSA) is 93.2 Å². The molecule has 8 heteroatoms. The highest BCUT2D eigenvalue weighted by Gasteiger charge is 2.26. The van der Waals surface area contributed by atoms with Gasteiger partial charge in [0.05, 0.1) is 17.6 Å². The Morgan fingerprint density at radius 2 is 1.90 bits per heavy atom. The maximum absolute atomic E-state index is 11.5.